The highest BCUT2D eigenvalue weighted by Crippen LogP contribution is 2.41. The lowest BCUT2D eigenvalue weighted by atomic mass is 9.84. The Hall–Kier alpha value is -3.56. The third-order valence-corrected chi connectivity index (χ3v) is 5.44. The number of carbonyl (C=O) groups excluding carboxylic acids is 4. The number of imide groups is 1. The van der Waals surface area contributed by atoms with Crippen molar-refractivity contribution < 1.29 is 28.7 Å². The Balaban J connectivity index is 1.69. The number of amides is 5. The van der Waals surface area contributed by atoms with Crippen molar-refractivity contribution in [3.05, 3.63) is 41.1 Å². The minimum Gasteiger partial charge on any atom is -0.493 e. The van der Waals surface area contributed by atoms with Crippen LogP contribution in [0.5, 0.6) is 5.75 Å². The largest absolute Gasteiger partial charge is 0.493 e. The number of fused-ring (bicyclic) bond motifs is 2. The van der Waals surface area contributed by atoms with E-state index in [1.807, 2.05) is 0 Å². The average Bonchev–Trinajstić information content (AvgIpc) is 2.93. The molecule has 5 amide bonds. The summed E-state index contributed by atoms with van der Waals surface area (Å²) < 4.78 is 10.7. The summed E-state index contributed by atoms with van der Waals surface area (Å²) in [6, 6.07) is 5.29. The van der Waals surface area contributed by atoms with Gasteiger partial charge in [-0.1, -0.05) is 18.2 Å². The third-order valence-electron chi connectivity index (χ3n) is 5.44. The zero-order valence-corrected chi connectivity index (χ0v) is 16.6. The number of carbonyl (C=O) groups is 4. The molecule has 158 valence electrons. The van der Waals surface area contributed by atoms with Gasteiger partial charge in [-0.15, -0.1) is 0 Å². The zero-order valence-electron chi connectivity index (χ0n) is 16.6. The number of nitrogens with one attached hydrogen (secondary N) is 3. The number of para-hydroxylation sites is 1. The van der Waals surface area contributed by atoms with Crippen molar-refractivity contribution in [2.75, 3.05) is 19.8 Å². The molecule has 10 nitrogen and oxygen atoms in total. The van der Waals surface area contributed by atoms with Gasteiger partial charge in [0.2, 0.25) is 0 Å². The molecule has 3 aliphatic heterocycles. The number of benzene rings is 1. The van der Waals surface area contributed by atoms with Crippen LogP contribution in [0.2, 0.25) is 0 Å². The lowest BCUT2D eigenvalue weighted by Gasteiger charge is -2.33. The molecule has 0 aliphatic carbocycles. The van der Waals surface area contributed by atoms with E-state index in [1.54, 1.807) is 38.1 Å². The van der Waals surface area contributed by atoms with Crippen LogP contribution in [0.25, 0.3) is 0 Å². The minimum atomic E-state index is -1.24. The SMILES string of the molecule is CCOC(=O)C1=C(CN2C(=O)N[C@]3(CCOc4ccccc43)C2=O)NC(=O)N[C@H]1C. The molecule has 3 N–H and O–H groups in total. The van der Waals surface area contributed by atoms with Crippen LogP contribution in [0.15, 0.2) is 35.5 Å². The number of ether oxygens (including phenoxy) is 2. The summed E-state index contributed by atoms with van der Waals surface area (Å²) in [4.78, 5) is 51.6. The standard InChI is InChI=1S/C20H22N4O6/c1-3-29-16(25)15-11(2)21-18(27)22-13(15)10-24-17(26)20(23-19(24)28)8-9-30-14-7-5-4-6-12(14)20/h4-7,11H,3,8-10H2,1-2H3,(H,23,28)(H2,21,22,27)/t11-,20-/m0/s1. The monoisotopic (exact) mass is 414 g/mol. The topological polar surface area (TPSA) is 126 Å². The predicted molar refractivity (Wildman–Crippen MR) is 103 cm³/mol. The van der Waals surface area contributed by atoms with E-state index in [0.29, 0.717) is 11.3 Å². The van der Waals surface area contributed by atoms with Gasteiger partial charge in [-0.25, -0.2) is 14.4 Å². The highest BCUT2D eigenvalue weighted by molar-refractivity contribution is 6.08. The van der Waals surface area contributed by atoms with Crippen LogP contribution in [-0.4, -0.2) is 54.6 Å². The summed E-state index contributed by atoms with van der Waals surface area (Å²) in [5.41, 5.74) is -0.325. The van der Waals surface area contributed by atoms with E-state index in [0.717, 1.165) is 4.90 Å². The van der Waals surface area contributed by atoms with Gasteiger partial charge in [0, 0.05) is 12.0 Å². The van der Waals surface area contributed by atoms with Crippen LogP contribution >= 0.6 is 0 Å². The van der Waals surface area contributed by atoms with Crippen LogP contribution in [0.1, 0.15) is 25.8 Å². The van der Waals surface area contributed by atoms with Gasteiger partial charge in [0.1, 0.15) is 5.75 Å². The molecule has 1 spiro atoms. The first kappa shape index (κ1) is 19.7. The number of urea groups is 2. The van der Waals surface area contributed by atoms with Crippen molar-refractivity contribution in [1.82, 2.24) is 20.9 Å². The van der Waals surface area contributed by atoms with Crippen LogP contribution in [0.3, 0.4) is 0 Å². The molecule has 1 aromatic rings. The fourth-order valence-electron chi connectivity index (χ4n) is 4.08. The molecule has 1 saturated heterocycles. The van der Waals surface area contributed by atoms with Crippen LogP contribution in [0.4, 0.5) is 9.59 Å². The number of hydrogen-bond donors (Lipinski definition) is 3. The Morgan fingerprint density at radius 1 is 1.30 bits per heavy atom. The van der Waals surface area contributed by atoms with Crippen molar-refractivity contribution in [3.8, 4) is 5.75 Å². The molecule has 0 unspecified atom stereocenters. The van der Waals surface area contributed by atoms with Crippen molar-refractivity contribution in [2.45, 2.75) is 31.8 Å². The second kappa shape index (κ2) is 7.36. The smallest absolute Gasteiger partial charge is 0.337 e. The van der Waals surface area contributed by atoms with Gasteiger partial charge < -0.3 is 25.4 Å². The third kappa shape index (κ3) is 3.04. The highest BCUT2D eigenvalue weighted by atomic mass is 16.5. The van der Waals surface area contributed by atoms with E-state index in [2.05, 4.69) is 16.0 Å². The molecule has 2 atom stereocenters. The summed E-state index contributed by atoms with van der Waals surface area (Å²) in [7, 11) is 0. The molecular weight excluding hydrogens is 392 g/mol. The normalized spacial score (nSPS) is 25.3. The summed E-state index contributed by atoms with van der Waals surface area (Å²) >= 11 is 0. The molecule has 4 rings (SSSR count). The molecule has 0 radical (unpaired) electrons. The maximum atomic E-state index is 13.4. The maximum absolute atomic E-state index is 13.4. The van der Waals surface area contributed by atoms with Crippen molar-refractivity contribution in [1.29, 1.82) is 0 Å². The first-order valence-electron chi connectivity index (χ1n) is 9.71. The highest BCUT2D eigenvalue weighted by Gasteiger charge is 2.55. The quantitative estimate of drug-likeness (QED) is 0.493. The van der Waals surface area contributed by atoms with E-state index in [4.69, 9.17) is 9.47 Å². The van der Waals surface area contributed by atoms with E-state index < -0.39 is 35.5 Å². The lowest BCUT2D eigenvalue weighted by Crippen LogP contribution is -2.52. The Labute approximate surface area is 172 Å². The number of nitrogens with zero attached hydrogens (tertiary/aromatic N) is 1. The molecular formula is C20H22N4O6. The molecule has 0 saturated carbocycles. The fraction of sp³-hybridized carbons (Fsp3) is 0.400. The fourth-order valence-corrected chi connectivity index (χ4v) is 4.08. The van der Waals surface area contributed by atoms with Gasteiger partial charge in [-0.05, 0) is 19.9 Å². The molecule has 3 aliphatic rings. The molecule has 1 fully saturated rings. The molecule has 0 aromatic heterocycles. The summed E-state index contributed by atoms with van der Waals surface area (Å²) in [5, 5.41) is 7.93. The average molecular weight is 414 g/mol. The summed E-state index contributed by atoms with van der Waals surface area (Å²) in [6.45, 7) is 3.46. The van der Waals surface area contributed by atoms with Gasteiger partial charge in [0.05, 0.1) is 37.1 Å². The van der Waals surface area contributed by atoms with Crippen LogP contribution in [-0.2, 0) is 19.9 Å². The van der Waals surface area contributed by atoms with Crippen molar-refractivity contribution in [3.63, 3.8) is 0 Å². The number of rotatable bonds is 4. The van der Waals surface area contributed by atoms with Crippen molar-refractivity contribution in [2.24, 2.45) is 0 Å². The predicted octanol–water partition coefficient (Wildman–Crippen LogP) is 0.735. The molecule has 0 bridgehead atoms. The van der Waals surface area contributed by atoms with Gasteiger partial charge in [0.15, 0.2) is 5.54 Å². The molecule has 30 heavy (non-hydrogen) atoms. The van der Waals surface area contributed by atoms with Crippen LogP contribution in [0, 0.1) is 0 Å². The Morgan fingerprint density at radius 2 is 2.07 bits per heavy atom. The van der Waals surface area contributed by atoms with E-state index >= 15 is 0 Å². The zero-order chi connectivity index (χ0) is 21.5. The summed E-state index contributed by atoms with van der Waals surface area (Å²) in [6.07, 6.45) is 0.277. The van der Waals surface area contributed by atoms with Gasteiger partial charge in [-0.2, -0.15) is 0 Å². The van der Waals surface area contributed by atoms with E-state index in [9.17, 15) is 19.2 Å². The van der Waals surface area contributed by atoms with Crippen LogP contribution < -0.4 is 20.7 Å². The Morgan fingerprint density at radius 3 is 2.83 bits per heavy atom. The van der Waals surface area contributed by atoms with Gasteiger partial charge in [-0.3, -0.25) is 9.69 Å². The molecule has 1 aromatic carbocycles. The van der Waals surface area contributed by atoms with Gasteiger partial charge in [0.25, 0.3) is 5.91 Å². The maximum Gasteiger partial charge on any atom is 0.337 e. The van der Waals surface area contributed by atoms with E-state index in [1.165, 1.54) is 0 Å². The van der Waals surface area contributed by atoms with Gasteiger partial charge >= 0.3 is 18.0 Å². The van der Waals surface area contributed by atoms with Crippen molar-refractivity contribution >= 4 is 23.9 Å². The second-order valence-electron chi connectivity index (χ2n) is 7.25. The number of hydrogen-bond acceptors (Lipinski definition) is 6. The molecule has 3 heterocycles. The lowest BCUT2D eigenvalue weighted by molar-refractivity contribution is -0.139. The summed E-state index contributed by atoms with van der Waals surface area (Å²) in [5.74, 6) is -0.542. The first-order valence-corrected chi connectivity index (χ1v) is 9.71. The Kier molecular flexibility index (Phi) is 4.84. The Bertz CT molecular complexity index is 974. The first-order chi connectivity index (χ1) is 14.4. The van der Waals surface area contributed by atoms with E-state index in [-0.39, 0.29) is 37.4 Å². The second-order valence-corrected chi connectivity index (χ2v) is 7.25. The minimum absolute atomic E-state index is 0.152. The number of esters is 1. The molecule has 10 heteroatoms.